The quantitative estimate of drug-likeness (QED) is 0.211. The van der Waals surface area contributed by atoms with Gasteiger partial charge in [0.05, 0.1) is 0 Å². The Bertz CT molecular complexity index is 1640. The third-order valence-corrected chi connectivity index (χ3v) is 8.19. The van der Waals surface area contributed by atoms with Crippen molar-refractivity contribution in [3.8, 4) is 22.3 Å². The molecular weight excluding hydrogens is 506 g/mol. The summed E-state index contributed by atoms with van der Waals surface area (Å²) in [4.78, 5) is 2.40. The van der Waals surface area contributed by atoms with E-state index in [4.69, 9.17) is 0 Å². The van der Waals surface area contributed by atoms with Crippen LogP contribution in [-0.2, 0) is 5.41 Å². The first-order valence-corrected chi connectivity index (χ1v) is 15.1. The molecule has 0 fully saturated rings. The Kier molecular flexibility index (Phi) is 8.59. The highest BCUT2D eigenvalue weighted by atomic mass is 15.1. The summed E-state index contributed by atoms with van der Waals surface area (Å²) in [6.45, 7) is 13.0. The van der Waals surface area contributed by atoms with Crippen molar-refractivity contribution in [1.29, 1.82) is 0 Å². The summed E-state index contributed by atoms with van der Waals surface area (Å²) in [6, 6.07) is 46.0. The van der Waals surface area contributed by atoms with Crippen molar-refractivity contribution < 1.29 is 0 Å². The molecule has 0 amide bonds. The second kappa shape index (κ2) is 12.5. The van der Waals surface area contributed by atoms with Gasteiger partial charge in [-0.05, 0) is 94.8 Å². The summed E-state index contributed by atoms with van der Waals surface area (Å²) in [6.07, 6.45) is 4.53. The van der Waals surface area contributed by atoms with Crippen LogP contribution in [0.3, 0.4) is 0 Å². The van der Waals surface area contributed by atoms with Gasteiger partial charge in [-0.3, -0.25) is 0 Å². The average molecular weight is 548 g/mol. The van der Waals surface area contributed by atoms with Crippen LogP contribution < -0.4 is 4.90 Å². The number of benzene rings is 5. The van der Waals surface area contributed by atoms with Crippen molar-refractivity contribution in [3.05, 3.63) is 156 Å². The van der Waals surface area contributed by atoms with Gasteiger partial charge in [-0.15, -0.1) is 0 Å². The standard InChI is InChI=1S/C39H35N.C2H6/c1-5-35-36-24-23-34(27-38(36)39(3,4)37(35)6-2)40(32-21-13-19-30(25-32)28-15-9-7-10-16-28)33-22-14-20-31(26-33)29-17-11-8-12-18-29;1-2/h5-27H,1-4H3;1-2H3/b35-5-,37-6+;. The molecule has 1 aliphatic carbocycles. The van der Waals surface area contributed by atoms with Crippen molar-refractivity contribution >= 4 is 22.6 Å². The van der Waals surface area contributed by atoms with Gasteiger partial charge in [0.2, 0.25) is 0 Å². The summed E-state index contributed by atoms with van der Waals surface area (Å²) < 4.78 is 0. The van der Waals surface area contributed by atoms with E-state index in [1.807, 2.05) is 13.8 Å². The molecule has 0 spiro atoms. The van der Waals surface area contributed by atoms with Gasteiger partial charge in [0.1, 0.15) is 0 Å². The average Bonchev–Trinajstić information content (AvgIpc) is 3.28. The minimum atomic E-state index is -0.0641. The number of rotatable bonds is 5. The summed E-state index contributed by atoms with van der Waals surface area (Å²) in [5, 5.41) is 0. The molecule has 0 aromatic heterocycles. The lowest BCUT2D eigenvalue weighted by Gasteiger charge is -2.28. The van der Waals surface area contributed by atoms with Crippen LogP contribution in [0.4, 0.5) is 17.1 Å². The first-order valence-electron chi connectivity index (χ1n) is 15.1. The molecule has 42 heavy (non-hydrogen) atoms. The molecule has 0 saturated carbocycles. The van der Waals surface area contributed by atoms with E-state index in [0.29, 0.717) is 0 Å². The van der Waals surface area contributed by atoms with Gasteiger partial charge < -0.3 is 4.90 Å². The van der Waals surface area contributed by atoms with E-state index in [-0.39, 0.29) is 5.41 Å². The van der Waals surface area contributed by atoms with Gasteiger partial charge >= 0.3 is 0 Å². The van der Waals surface area contributed by atoms with E-state index in [9.17, 15) is 0 Å². The van der Waals surface area contributed by atoms with Gasteiger partial charge in [-0.1, -0.05) is 131 Å². The minimum absolute atomic E-state index is 0.0641. The highest BCUT2D eigenvalue weighted by Crippen LogP contribution is 2.51. The van der Waals surface area contributed by atoms with Gasteiger partial charge in [0.15, 0.2) is 0 Å². The van der Waals surface area contributed by atoms with Gasteiger partial charge in [-0.2, -0.15) is 0 Å². The number of fused-ring (bicyclic) bond motifs is 1. The first-order chi connectivity index (χ1) is 20.5. The fourth-order valence-corrected chi connectivity index (χ4v) is 6.24. The number of anilines is 3. The molecule has 0 bridgehead atoms. The van der Waals surface area contributed by atoms with Crippen LogP contribution >= 0.6 is 0 Å². The molecule has 210 valence electrons. The molecule has 1 nitrogen and oxygen atoms in total. The molecule has 0 unspecified atom stereocenters. The molecule has 0 saturated heterocycles. The molecule has 1 heteroatoms. The van der Waals surface area contributed by atoms with E-state index >= 15 is 0 Å². The molecule has 5 aromatic carbocycles. The lowest BCUT2D eigenvalue weighted by molar-refractivity contribution is 0.659. The van der Waals surface area contributed by atoms with E-state index in [1.165, 1.54) is 44.5 Å². The van der Waals surface area contributed by atoms with Crippen molar-refractivity contribution in [3.63, 3.8) is 0 Å². The van der Waals surface area contributed by atoms with Crippen LogP contribution in [0.1, 0.15) is 52.7 Å². The van der Waals surface area contributed by atoms with Gasteiger partial charge in [-0.25, -0.2) is 0 Å². The highest BCUT2D eigenvalue weighted by Gasteiger charge is 2.37. The molecule has 0 aliphatic heterocycles. The Labute approximate surface area is 252 Å². The number of hydrogen-bond donors (Lipinski definition) is 0. The van der Waals surface area contributed by atoms with Crippen molar-refractivity contribution in [2.75, 3.05) is 4.90 Å². The Morgan fingerprint density at radius 1 is 0.500 bits per heavy atom. The molecule has 0 heterocycles. The largest absolute Gasteiger partial charge is 0.310 e. The van der Waals surface area contributed by atoms with E-state index in [0.717, 1.165) is 17.1 Å². The zero-order valence-electron chi connectivity index (χ0n) is 25.7. The van der Waals surface area contributed by atoms with Crippen molar-refractivity contribution in [2.45, 2.75) is 47.0 Å². The fourth-order valence-electron chi connectivity index (χ4n) is 6.24. The Morgan fingerprint density at radius 3 is 1.45 bits per heavy atom. The SMILES string of the molecule is C/C=C1\C(=C/C)c2ccc(N(c3cccc(-c4ccccc4)c3)c3cccc(-c4ccccc4)c3)cc2C1(C)C.CC. The second-order valence-electron chi connectivity index (χ2n) is 10.9. The predicted octanol–water partition coefficient (Wildman–Crippen LogP) is 12.2. The maximum atomic E-state index is 2.40. The summed E-state index contributed by atoms with van der Waals surface area (Å²) in [5.41, 5.74) is 13.7. The van der Waals surface area contributed by atoms with Gasteiger partial charge in [0.25, 0.3) is 0 Å². The lowest BCUT2D eigenvalue weighted by Crippen LogP contribution is -2.16. The van der Waals surface area contributed by atoms with Crippen LogP contribution in [0.5, 0.6) is 0 Å². The fraction of sp³-hybridized carbons (Fsp3) is 0.171. The van der Waals surface area contributed by atoms with E-state index in [1.54, 1.807) is 0 Å². The zero-order valence-corrected chi connectivity index (χ0v) is 25.7. The zero-order chi connectivity index (χ0) is 29.7. The molecule has 0 N–H and O–H groups in total. The van der Waals surface area contributed by atoms with Crippen LogP contribution in [0.2, 0.25) is 0 Å². The topological polar surface area (TPSA) is 3.24 Å². The Balaban J connectivity index is 0.00000173. The highest BCUT2D eigenvalue weighted by molar-refractivity contribution is 5.92. The summed E-state index contributed by atoms with van der Waals surface area (Å²) in [7, 11) is 0. The normalized spacial score (nSPS) is 15.2. The van der Waals surface area contributed by atoms with Crippen LogP contribution in [0.15, 0.2) is 145 Å². The van der Waals surface area contributed by atoms with Gasteiger partial charge in [0, 0.05) is 22.5 Å². The monoisotopic (exact) mass is 547 g/mol. The number of hydrogen-bond acceptors (Lipinski definition) is 1. The summed E-state index contributed by atoms with van der Waals surface area (Å²) >= 11 is 0. The maximum Gasteiger partial charge on any atom is 0.0467 e. The molecule has 1 aliphatic rings. The number of nitrogens with zero attached hydrogens (tertiary/aromatic N) is 1. The van der Waals surface area contributed by atoms with Crippen LogP contribution in [-0.4, -0.2) is 0 Å². The predicted molar refractivity (Wildman–Crippen MR) is 184 cm³/mol. The molecule has 0 radical (unpaired) electrons. The van der Waals surface area contributed by atoms with Crippen LogP contribution in [0, 0.1) is 0 Å². The molecular formula is C41H41N. The first kappa shape index (κ1) is 28.9. The maximum absolute atomic E-state index is 2.40. The third-order valence-electron chi connectivity index (χ3n) is 8.19. The molecule has 5 aromatic rings. The smallest absolute Gasteiger partial charge is 0.0467 e. The van der Waals surface area contributed by atoms with E-state index < -0.39 is 0 Å². The third kappa shape index (κ3) is 5.35. The minimum Gasteiger partial charge on any atom is -0.310 e. The number of allylic oxidation sites excluding steroid dienone is 4. The van der Waals surface area contributed by atoms with Crippen molar-refractivity contribution in [2.24, 2.45) is 0 Å². The van der Waals surface area contributed by atoms with Crippen molar-refractivity contribution in [1.82, 2.24) is 0 Å². The van der Waals surface area contributed by atoms with E-state index in [2.05, 4.69) is 172 Å². The molecule has 6 rings (SSSR count). The lowest BCUT2D eigenvalue weighted by atomic mass is 9.82. The van der Waals surface area contributed by atoms with Crippen LogP contribution in [0.25, 0.3) is 27.8 Å². The summed E-state index contributed by atoms with van der Waals surface area (Å²) in [5.74, 6) is 0. The molecule has 0 atom stereocenters. The Morgan fingerprint density at radius 2 is 0.976 bits per heavy atom. The Hall–Kier alpha value is -4.62. The second-order valence-corrected chi connectivity index (χ2v) is 10.9.